The minimum atomic E-state index is 0.402. The van der Waals surface area contributed by atoms with Crippen LogP contribution in [0, 0.1) is 0 Å². The number of nitrogens with one attached hydrogen (secondary N) is 1. The number of rotatable bonds is 10. The highest BCUT2D eigenvalue weighted by Crippen LogP contribution is 2.10. The summed E-state index contributed by atoms with van der Waals surface area (Å²) in [7, 11) is 0. The standard InChI is InChI=1S/C22H25N5O2/c23-22(25-13-11-19-6-4-5-12-24-19)27-17-18-9-10-21(26-16-18)29-15-14-28-20-7-2-1-3-8-20/h1-10,12,16H,11,13-15,17H2,(H3,23,25,27). The Morgan fingerprint density at radius 3 is 2.52 bits per heavy atom. The Bertz CT molecular complexity index is 871. The number of guanidine groups is 1. The summed E-state index contributed by atoms with van der Waals surface area (Å²) in [6.07, 6.45) is 4.31. The lowest BCUT2D eigenvalue weighted by Gasteiger charge is -2.08. The molecule has 7 heteroatoms. The van der Waals surface area contributed by atoms with Gasteiger partial charge in [0, 0.05) is 37.1 Å². The van der Waals surface area contributed by atoms with Crippen LogP contribution in [0.2, 0.25) is 0 Å². The van der Waals surface area contributed by atoms with E-state index < -0.39 is 0 Å². The molecule has 0 bridgehead atoms. The molecule has 7 nitrogen and oxygen atoms in total. The van der Waals surface area contributed by atoms with E-state index in [1.54, 1.807) is 12.4 Å². The molecule has 2 heterocycles. The minimum Gasteiger partial charge on any atom is -0.490 e. The molecule has 150 valence electrons. The van der Waals surface area contributed by atoms with Crippen molar-refractivity contribution in [1.29, 1.82) is 0 Å². The summed E-state index contributed by atoms with van der Waals surface area (Å²) in [6.45, 7) is 2.01. The highest BCUT2D eigenvalue weighted by molar-refractivity contribution is 5.77. The molecule has 3 rings (SSSR count). The molecule has 0 aliphatic heterocycles. The average molecular weight is 391 g/mol. The highest BCUT2D eigenvalue weighted by Gasteiger charge is 1.99. The van der Waals surface area contributed by atoms with Crippen LogP contribution < -0.4 is 20.5 Å². The Morgan fingerprint density at radius 2 is 1.76 bits per heavy atom. The number of ether oxygens (including phenoxy) is 2. The molecule has 29 heavy (non-hydrogen) atoms. The molecule has 3 aromatic rings. The molecule has 0 radical (unpaired) electrons. The van der Waals surface area contributed by atoms with Crippen LogP contribution in [0.15, 0.2) is 78.0 Å². The van der Waals surface area contributed by atoms with Gasteiger partial charge in [-0.3, -0.25) is 4.98 Å². The van der Waals surface area contributed by atoms with Crippen molar-refractivity contribution in [2.45, 2.75) is 13.0 Å². The van der Waals surface area contributed by atoms with Crippen LogP contribution in [-0.4, -0.2) is 35.7 Å². The maximum Gasteiger partial charge on any atom is 0.213 e. The first-order valence-electron chi connectivity index (χ1n) is 9.49. The van der Waals surface area contributed by atoms with E-state index in [-0.39, 0.29) is 0 Å². The Kier molecular flexibility index (Phi) is 7.83. The van der Waals surface area contributed by atoms with E-state index in [0.29, 0.717) is 38.1 Å². The zero-order chi connectivity index (χ0) is 20.2. The second-order valence-electron chi connectivity index (χ2n) is 6.21. The van der Waals surface area contributed by atoms with Crippen molar-refractivity contribution in [2.24, 2.45) is 10.7 Å². The summed E-state index contributed by atoms with van der Waals surface area (Å²) >= 11 is 0. The number of pyridine rings is 2. The van der Waals surface area contributed by atoms with Gasteiger partial charge in [0.1, 0.15) is 19.0 Å². The van der Waals surface area contributed by atoms with E-state index in [9.17, 15) is 0 Å². The van der Waals surface area contributed by atoms with Crippen molar-refractivity contribution < 1.29 is 9.47 Å². The third kappa shape index (κ3) is 7.50. The number of aliphatic imine (C=N–C) groups is 1. The van der Waals surface area contributed by atoms with E-state index in [1.165, 1.54) is 0 Å². The maximum atomic E-state index is 5.90. The van der Waals surface area contributed by atoms with Gasteiger partial charge in [0.05, 0.1) is 6.54 Å². The summed E-state index contributed by atoms with van der Waals surface area (Å²) in [4.78, 5) is 12.9. The Morgan fingerprint density at radius 1 is 0.931 bits per heavy atom. The first-order chi connectivity index (χ1) is 14.3. The van der Waals surface area contributed by atoms with Gasteiger partial charge in [-0.15, -0.1) is 0 Å². The number of hydrogen-bond acceptors (Lipinski definition) is 5. The molecule has 0 saturated heterocycles. The van der Waals surface area contributed by atoms with Crippen LogP contribution in [-0.2, 0) is 13.0 Å². The molecule has 0 unspecified atom stereocenters. The lowest BCUT2D eigenvalue weighted by atomic mass is 10.3. The zero-order valence-corrected chi connectivity index (χ0v) is 16.2. The first-order valence-corrected chi connectivity index (χ1v) is 9.49. The van der Waals surface area contributed by atoms with Crippen LogP contribution in [0.4, 0.5) is 0 Å². The van der Waals surface area contributed by atoms with Crippen LogP contribution in [0.5, 0.6) is 11.6 Å². The van der Waals surface area contributed by atoms with Gasteiger partial charge >= 0.3 is 0 Å². The summed E-state index contributed by atoms with van der Waals surface area (Å²) < 4.78 is 11.2. The zero-order valence-electron chi connectivity index (χ0n) is 16.2. The molecule has 0 saturated carbocycles. The SMILES string of the molecule is NC(=NCc1ccc(OCCOc2ccccc2)nc1)NCCc1ccccn1. The van der Waals surface area contributed by atoms with E-state index in [1.807, 2.05) is 60.7 Å². The van der Waals surface area contributed by atoms with Crippen LogP contribution in [0.25, 0.3) is 0 Å². The van der Waals surface area contributed by atoms with Crippen LogP contribution in [0.1, 0.15) is 11.3 Å². The molecule has 0 aliphatic rings. The second-order valence-corrected chi connectivity index (χ2v) is 6.21. The predicted octanol–water partition coefficient (Wildman–Crippen LogP) is 2.58. The van der Waals surface area contributed by atoms with Crippen molar-refractivity contribution in [3.8, 4) is 11.6 Å². The minimum absolute atomic E-state index is 0.402. The average Bonchev–Trinajstić information content (AvgIpc) is 2.77. The molecule has 0 amide bonds. The van der Waals surface area contributed by atoms with Crippen LogP contribution >= 0.6 is 0 Å². The molecule has 2 aromatic heterocycles. The fourth-order valence-corrected chi connectivity index (χ4v) is 2.51. The lowest BCUT2D eigenvalue weighted by molar-refractivity contribution is 0.212. The second kappa shape index (κ2) is 11.3. The molecular weight excluding hydrogens is 366 g/mol. The van der Waals surface area contributed by atoms with Gasteiger partial charge in [0.2, 0.25) is 5.88 Å². The molecule has 0 atom stereocenters. The molecule has 0 spiro atoms. The first kappa shape index (κ1) is 20.1. The van der Waals surface area contributed by atoms with E-state index in [0.717, 1.165) is 23.4 Å². The number of nitrogens with zero attached hydrogens (tertiary/aromatic N) is 3. The van der Waals surface area contributed by atoms with Gasteiger partial charge in [-0.25, -0.2) is 9.98 Å². The molecule has 0 fully saturated rings. The predicted molar refractivity (Wildman–Crippen MR) is 113 cm³/mol. The largest absolute Gasteiger partial charge is 0.490 e. The van der Waals surface area contributed by atoms with Crippen LogP contribution in [0.3, 0.4) is 0 Å². The molecule has 0 aliphatic carbocycles. The maximum absolute atomic E-state index is 5.90. The number of aromatic nitrogens is 2. The third-order valence-corrected chi connectivity index (χ3v) is 3.99. The van der Waals surface area contributed by atoms with Gasteiger partial charge < -0.3 is 20.5 Å². The van der Waals surface area contributed by atoms with E-state index >= 15 is 0 Å². The number of benzene rings is 1. The molecule has 3 N–H and O–H groups in total. The summed E-state index contributed by atoms with van der Waals surface area (Å²) in [5, 5.41) is 3.09. The number of hydrogen-bond donors (Lipinski definition) is 2. The van der Waals surface area contributed by atoms with Gasteiger partial charge in [0.25, 0.3) is 0 Å². The Hall–Kier alpha value is -3.61. The number of nitrogens with two attached hydrogens (primary N) is 1. The van der Waals surface area contributed by atoms with E-state index in [4.69, 9.17) is 15.2 Å². The van der Waals surface area contributed by atoms with E-state index in [2.05, 4.69) is 20.3 Å². The Balaban J connectivity index is 1.34. The lowest BCUT2D eigenvalue weighted by Crippen LogP contribution is -2.33. The summed E-state index contributed by atoms with van der Waals surface area (Å²) in [6, 6.07) is 19.2. The topological polar surface area (TPSA) is 94.7 Å². The van der Waals surface area contributed by atoms with Crippen molar-refractivity contribution in [3.05, 3.63) is 84.3 Å². The third-order valence-electron chi connectivity index (χ3n) is 3.99. The van der Waals surface area contributed by atoms with Gasteiger partial charge in [-0.2, -0.15) is 0 Å². The van der Waals surface area contributed by atoms with Crippen molar-refractivity contribution in [2.75, 3.05) is 19.8 Å². The summed E-state index contributed by atoms with van der Waals surface area (Å²) in [5.74, 6) is 1.78. The number of para-hydroxylation sites is 1. The highest BCUT2D eigenvalue weighted by atomic mass is 16.5. The fraction of sp³-hybridized carbons (Fsp3) is 0.227. The van der Waals surface area contributed by atoms with Gasteiger partial charge in [-0.1, -0.05) is 30.3 Å². The quantitative estimate of drug-likeness (QED) is 0.313. The van der Waals surface area contributed by atoms with Crippen molar-refractivity contribution >= 4 is 5.96 Å². The monoisotopic (exact) mass is 391 g/mol. The van der Waals surface area contributed by atoms with Gasteiger partial charge in [0.15, 0.2) is 5.96 Å². The van der Waals surface area contributed by atoms with Gasteiger partial charge in [-0.05, 0) is 29.8 Å². The Labute approximate surface area is 170 Å². The molecule has 1 aromatic carbocycles. The van der Waals surface area contributed by atoms with Crippen molar-refractivity contribution in [3.63, 3.8) is 0 Å². The van der Waals surface area contributed by atoms with Crippen molar-refractivity contribution in [1.82, 2.24) is 15.3 Å². The normalized spacial score (nSPS) is 11.1. The molecular formula is C22H25N5O2. The smallest absolute Gasteiger partial charge is 0.213 e. The summed E-state index contributed by atoms with van der Waals surface area (Å²) in [5.41, 5.74) is 7.87. The fourth-order valence-electron chi connectivity index (χ4n) is 2.51.